The highest BCUT2D eigenvalue weighted by atomic mass is 79.9. The average Bonchev–Trinajstić information content (AvgIpc) is 2.56. The van der Waals surface area contributed by atoms with Crippen LogP contribution in [0.5, 0.6) is 0 Å². The number of aromatic nitrogens is 2. The first-order valence-corrected chi connectivity index (χ1v) is 7.83. The van der Waals surface area contributed by atoms with Gasteiger partial charge in [-0.3, -0.25) is 19.7 Å². The van der Waals surface area contributed by atoms with Crippen LogP contribution >= 0.6 is 34.0 Å². The first-order chi connectivity index (χ1) is 11.5. The minimum Gasteiger partial charge on any atom is -0.316 e. The van der Waals surface area contributed by atoms with E-state index in [1.54, 1.807) is 0 Å². The van der Waals surface area contributed by atoms with E-state index in [0.29, 0.717) is 24.2 Å². The molecule has 2 rings (SSSR count). The van der Waals surface area contributed by atoms with Crippen molar-refractivity contribution >= 4 is 50.7 Å². The topological polar surface area (TPSA) is 124 Å². The van der Waals surface area contributed by atoms with E-state index in [0.717, 1.165) is 19.6 Å². The van der Waals surface area contributed by atoms with Crippen LogP contribution < -0.4 is 16.4 Å². The van der Waals surface area contributed by atoms with Crippen LogP contribution in [0.3, 0.4) is 0 Å². The van der Waals surface area contributed by atoms with Crippen molar-refractivity contribution in [3.8, 4) is 0 Å². The van der Waals surface area contributed by atoms with Crippen molar-refractivity contribution in [2.45, 2.75) is 20.4 Å². The molecule has 3 N–H and O–H groups in total. The van der Waals surface area contributed by atoms with E-state index in [4.69, 9.17) is 0 Å². The Balaban J connectivity index is 0.00000312. The number of likely N-dealkylation sites (N-methyl/N-ethyl adjacent to an activating group) is 1. The summed E-state index contributed by atoms with van der Waals surface area (Å²) in [7, 11) is 0. The number of fused-ring (bicyclic) bond motifs is 1. The van der Waals surface area contributed by atoms with Gasteiger partial charge in [0.1, 0.15) is 0 Å². The Kier molecular flexibility index (Phi) is 10.5. The quantitative estimate of drug-likeness (QED) is 0.221. The van der Waals surface area contributed by atoms with Crippen molar-refractivity contribution < 1.29 is 4.92 Å². The molecule has 0 radical (unpaired) electrons. The summed E-state index contributed by atoms with van der Waals surface area (Å²) in [4.78, 5) is 40.6. The van der Waals surface area contributed by atoms with Crippen molar-refractivity contribution in [3.05, 3.63) is 48.5 Å². The molecule has 146 valence electrons. The van der Waals surface area contributed by atoms with Crippen molar-refractivity contribution in [3.63, 3.8) is 0 Å². The molecule has 1 aromatic heterocycles. The minimum absolute atomic E-state index is 0. The van der Waals surface area contributed by atoms with Crippen LogP contribution in [0.2, 0.25) is 0 Å². The molecular formula is C15H23Br2N5O4. The van der Waals surface area contributed by atoms with Crippen molar-refractivity contribution in [2.24, 2.45) is 0 Å². The Morgan fingerprint density at radius 3 is 2.31 bits per heavy atom. The lowest BCUT2D eigenvalue weighted by atomic mass is 10.1. The fraction of sp³-hybridized carbons (Fsp3) is 0.467. The van der Waals surface area contributed by atoms with E-state index in [1.165, 1.54) is 12.1 Å². The monoisotopic (exact) mass is 495 g/mol. The first-order valence-electron chi connectivity index (χ1n) is 7.83. The van der Waals surface area contributed by atoms with Gasteiger partial charge in [0.2, 0.25) is 0 Å². The molecule has 0 fully saturated rings. The van der Waals surface area contributed by atoms with Crippen LogP contribution in [0.15, 0.2) is 21.7 Å². The predicted octanol–water partition coefficient (Wildman–Crippen LogP) is 1.71. The van der Waals surface area contributed by atoms with E-state index < -0.39 is 16.0 Å². The summed E-state index contributed by atoms with van der Waals surface area (Å²) in [5, 5.41) is 14.3. The lowest BCUT2D eigenvalue weighted by Crippen LogP contribution is -2.32. The molecule has 0 atom stereocenters. The fourth-order valence-electron chi connectivity index (χ4n) is 2.53. The highest BCUT2D eigenvalue weighted by Gasteiger charge is 2.13. The first kappa shape index (κ1) is 24.4. The molecule has 11 heteroatoms. The third-order valence-corrected chi connectivity index (χ3v) is 3.92. The van der Waals surface area contributed by atoms with Crippen molar-refractivity contribution in [1.29, 1.82) is 0 Å². The van der Waals surface area contributed by atoms with Gasteiger partial charge in [0.15, 0.2) is 0 Å². The maximum atomic E-state index is 11.5. The molecule has 0 saturated carbocycles. The van der Waals surface area contributed by atoms with Gasteiger partial charge in [-0.05, 0) is 18.7 Å². The molecule has 0 bridgehead atoms. The van der Waals surface area contributed by atoms with Crippen LogP contribution in [0.25, 0.3) is 11.0 Å². The third-order valence-electron chi connectivity index (χ3n) is 3.92. The van der Waals surface area contributed by atoms with E-state index in [-0.39, 0.29) is 45.2 Å². The molecule has 0 saturated heterocycles. The molecule has 0 unspecified atom stereocenters. The Bertz CT molecular complexity index is 848. The number of benzene rings is 1. The standard InChI is InChI=1S/C15H21N5O4.2BrH/c1-3-19(4-2)6-5-16-9-10-7-11(20(23)24)8-12-13(10)18-15(22)14(21)17-12;;/h7-8,16H,3-6,9H2,1-2H3,(H,17,21)(H,18,22);2*1H. The van der Waals surface area contributed by atoms with Crippen molar-refractivity contribution in [2.75, 3.05) is 26.2 Å². The van der Waals surface area contributed by atoms with E-state index in [1.807, 2.05) is 0 Å². The van der Waals surface area contributed by atoms with Crippen molar-refractivity contribution in [1.82, 2.24) is 20.2 Å². The van der Waals surface area contributed by atoms with Crippen LogP contribution in [-0.4, -0.2) is 46.0 Å². The number of non-ortho nitro benzene ring substituents is 1. The molecule has 0 aliphatic carbocycles. The van der Waals surface area contributed by atoms with Gasteiger partial charge < -0.3 is 20.2 Å². The second-order valence-corrected chi connectivity index (χ2v) is 5.40. The maximum absolute atomic E-state index is 11.5. The number of nitrogens with one attached hydrogen (secondary N) is 3. The van der Waals surface area contributed by atoms with Crippen LogP contribution in [-0.2, 0) is 6.54 Å². The number of rotatable bonds is 8. The lowest BCUT2D eigenvalue weighted by Gasteiger charge is -2.18. The van der Waals surface area contributed by atoms with E-state index in [9.17, 15) is 19.7 Å². The van der Waals surface area contributed by atoms with Gasteiger partial charge in [0.05, 0.1) is 16.0 Å². The van der Waals surface area contributed by atoms with Gasteiger partial charge in [0, 0.05) is 31.8 Å². The van der Waals surface area contributed by atoms with Gasteiger partial charge in [-0.1, -0.05) is 13.8 Å². The number of hydrogen-bond donors (Lipinski definition) is 3. The van der Waals surface area contributed by atoms with Crippen LogP contribution in [0.4, 0.5) is 5.69 Å². The number of hydrogen-bond acceptors (Lipinski definition) is 6. The zero-order valence-corrected chi connectivity index (χ0v) is 18.0. The molecular weight excluding hydrogens is 474 g/mol. The summed E-state index contributed by atoms with van der Waals surface area (Å²) >= 11 is 0. The van der Waals surface area contributed by atoms with Gasteiger partial charge >= 0.3 is 11.1 Å². The number of nitro groups is 1. The summed E-state index contributed by atoms with van der Waals surface area (Å²) in [6.07, 6.45) is 0. The number of nitro benzene ring substituents is 1. The largest absolute Gasteiger partial charge is 0.316 e. The summed E-state index contributed by atoms with van der Waals surface area (Å²) in [6, 6.07) is 2.65. The molecule has 0 amide bonds. The molecule has 2 aromatic rings. The summed E-state index contributed by atoms with van der Waals surface area (Å²) < 4.78 is 0. The molecule has 0 aliphatic heterocycles. The Morgan fingerprint density at radius 2 is 1.73 bits per heavy atom. The summed E-state index contributed by atoms with van der Waals surface area (Å²) in [6.45, 7) is 7.98. The smallest absolute Gasteiger partial charge is 0.314 e. The SMILES string of the molecule is Br.Br.CCN(CC)CCNCc1cc([N+](=O)[O-])cc2[nH]c(=O)c(=O)[nH]c12. The highest BCUT2D eigenvalue weighted by Crippen LogP contribution is 2.21. The summed E-state index contributed by atoms with van der Waals surface area (Å²) in [5.41, 5.74) is -0.531. The molecule has 0 spiro atoms. The molecule has 26 heavy (non-hydrogen) atoms. The maximum Gasteiger partial charge on any atom is 0.314 e. The number of aromatic amines is 2. The van der Waals surface area contributed by atoms with Gasteiger partial charge in [-0.2, -0.15) is 0 Å². The van der Waals surface area contributed by atoms with Gasteiger partial charge in [-0.25, -0.2) is 0 Å². The number of H-pyrrole nitrogens is 2. The number of halogens is 2. The zero-order chi connectivity index (χ0) is 17.7. The van der Waals surface area contributed by atoms with E-state index >= 15 is 0 Å². The minimum atomic E-state index is -0.830. The third kappa shape index (κ3) is 6.01. The summed E-state index contributed by atoms with van der Waals surface area (Å²) in [5.74, 6) is 0. The Hall–Kier alpha value is -1.56. The fourth-order valence-corrected chi connectivity index (χ4v) is 2.53. The normalized spacial score (nSPS) is 10.4. The van der Waals surface area contributed by atoms with Crippen LogP contribution in [0.1, 0.15) is 19.4 Å². The number of nitrogens with zero attached hydrogens (tertiary/aromatic N) is 2. The molecule has 0 aliphatic rings. The van der Waals surface area contributed by atoms with Crippen LogP contribution in [0, 0.1) is 10.1 Å². The highest BCUT2D eigenvalue weighted by molar-refractivity contribution is 8.93. The van der Waals surface area contributed by atoms with E-state index in [2.05, 4.69) is 34.0 Å². The Morgan fingerprint density at radius 1 is 1.12 bits per heavy atom. The Labute approximate surface area is 170 Å². The lowest BCUT2D eigenvalue weighted by molar-refractivity contribution is -0.384. The second kappa shape index (κ2) is 11.2. The predicted molar refractivity (Wildman–Crippen MR) is 112 cm³/mol. The molecule has 1 aromatic carbocycles. The average molecular weight is 497 g/mol. The molecule has 1 heterocycles. The second-order valence-electron chi connectivity index (χ2n) is 5.40. The molecule has 9 nitrogen and oxygen atoms in total. The zero-order valence-electron chi connectivity index (χ0n) is 14.5. The van der Waals surface area contributed by atoms with Gasteiger partial charge in [0.25, 0.3) is 5.69 Å². The van der Waals surface area contributed by atoms with Gasteiger partial charge in [-0.15, -0.1) is 34.0 Å².